The Labute approximate surface area is 414 Å². The van der Waals surface area contributed by atoms with Gasteiger partial charge in [0.1, 0.15) is 22.3 Å². The Morgan fingerprint density at radius 3 is 1.62 bits per heavy atom. The smallest absolute Gasteiger partial charge is 0.137 e. The molecule has 0 radical (unpaired) electrons. The van der Waals surface area contributed by atoms with Crippen molar-refractivity contribution in [2.45, 2.75) is 0 Å². The van der Waals surface area contributed by atoms with Gasteiger partial charge < -0.3 is 18.6 Å². The van der Waals surface area contributed by atoms with Crippen molar-refractivity contribution in [3.8, 4) is 33.4 Å². The molecule has 11 aromatic carbocycles. The lowest BCUT2D eigenvalue weighted by molar-refractivity contribution is 0.668. The Morgan fingerprint density at radius 2 is 0.845 bits per heavy atom. The fraction of sp³-hybridized carbons (Fsp3) is 0. The van der Waals surface area contributed by atoms with E-state index in [-0.39, 0.29) is 0 Å². The minimum Gasteiger partial charge on any atom is -0.456 e. The van der Waals surface area contributed by atoms with Crippen LogP contribution in [0, 0.1) is 0 Å². The van der Waals surface area contributed by atoms with Crippen molar-refractivity contribution in [1.29, 1.82) is 0 Å². The average Bonchev–Trinajstić information content (AvgIpc) is 4.13. The van der Waals surface area contributed by atoms with E-state index in [0.717, 1.165) is 111 Å². The van der Waals surface area contributed by atoms with Gasteiger partial charge in [0.2, 0.25) is 0 Å². The molecule has 0 aliphatic carbocycles. The quantitative estimate of drug-likeness (QED) is 0.144. The van der Waals surface area contributed by atoms with Crippen molar-refractivity contribution in [3.63, 3.8) is 0 Å². The second kappa shape index (κ2) is 16.8. The summed E-state index contributed by atoms with van der Waals surface area (Å²) in [4.78, 5) is 4.69. The van der Waals surface area contributed by atoms with Crippen molar-refractivity contribution in [3.05, 3.63) is 255 Å². The largest absolute Gasteiger partial charge is 0.456 e. The van der Waals surface area contributed by atoms with Crippen LogP contribution >= 0.6 is 11.3 Å². The molecule has 0 atom stereocenters. The Kier molecular flexibility index (Phi) is 9.68. The molecule has 0 fully saturated rings. The molecule has 71 heavy (non-hydrogen) atoms. The zero-order chi connectivity index (χ0) is 46.8. The van der Waals surface area contributed by atoms with Gasteiger partial charge in [-0.05, 0) is 149 Å². The summed E-state index contributed by atoms with van der Waals surface area (Å²) in [5.74, 6) is 0. The molecule has 3 heterocycles. The molecule has 0 amide bonds. The summed E-state index contributed by atoms with van der Waals surface area (Å²) < 4.78 is 15.4. The summed E-state index contributed by atoms with van der Waals surface area (Å²) in [5, 5.41) is 6.90. The molecule has 0 unspecified atom stereocenters. The first-order valence-electron chi connectivity index (χ1n) is 24.0. The Balaban J connectivity index is 0.848. The molecule has 0 aliphatic heterocycles. The number of hydrogen-bond donors (Lipinski definition) is 0. The highest BCUT2D eigenvalue weighted by atomic mass is 32.1. The predicted molar refractivity (Wildman–Crippen MR) is 300 cm³/mol. The number of benzene rings is 11. The molecule has 3 aromatic heterocycles. The third-order valence-electron chi connectivity index (χ3n) is 13.8. The van der Waals surface area contributed by atoms with Crippen molar-refractivity contribution in [2.75, 3.05) is 9.80 Å². The van der Waals surface area contributed by atoms with Gasteiger partial charge in [-0.3, -0.25) is 0 Å². The van der Waals surface area contributed by atoms with E-state index in [1.807, 2.05) is 23.5 Å². The van der Waals surface area contributed by atoms with E-state index >= 15 is 0 Å². The van der Waals surface area contributed by atoms with Gasteiger partial charge in [0.05, 0.1) is 11.1 Å². The minimum atomic E-state index is 0.861. The van der Waals surface area contributed by atoms with Gasteiger partial charge >= 0.3 is 0 Å². The first-order valence-corrected chi connectivity index (χ1v) is 24.8. The maximum atomic E-state index is 6.68. The summed E-state index contributed by atoms with van der Waals surface area (Å²) >= 11 is 1.84. The van der Waals surface area contributed by atoms with Crippen LogP contribution in [0.25, 0.3) is 97.4 Å². The summed E-state index contributed by atoms with van der Waals surface area (Å²) in [6.07, 6.45) is 0. The fourth-order valence-corrected chi connectivity index (χ4v) is 11.7. The molecule has 14 rings (SSSR count). The van der Waals surface area contributed by atoms with Gasteiger partial charge in [0, 0.05) is 64.8 Å². The van der Waals surface area contributed by atoms with Gasteiger partial charge in [0.25, 0.3) is 0 Å². The first kappa shape index (κ1) is 40.9. The highest BCUT2D eigenvalue weighted by Gasteiger charge is 2.22. The summed E-state index contributed by atoms with van der Waals surface area (Å²) in [7, 11) is 0. The first-order chi connectivity index (χ1) is 35.2. The molecular formula is C66H42N2O2S. The van der Waals surface area contributed by atoms with Crippen LogP contribution in [0.4, 0.5) is 34.1 Å². The number of thiophene rings is 1. The van der Waals surface area contributed by atoms with E-state index in [1.54, 1.807) is 0 Å². The zero-order valence-corrected chi connectivity index (χ0v) is 39.2. The molecule has 5 heteroatoms. The second-order valence-corrected chi connectivity index (χ2v) is 19.1. The summed E-state index contributed by atoms with van der Waals surface area (Å²) in [5.41, 5.74) is 17.0. The number of para-hydroxylation sites is 4. The van der Waals surface area contributed by atoms with Crippen LogP contribution in [-0.2, 0) is 0 Å². The lowest BCUT2D eigenvalue weighted by Crippen LogP contribution is -2.10. The Hall–Kier alpha value is -9.16. The molecule has 0 N–H and O–H groups in total. The lowest BCUT2D eigenvalue weighted by atomic mass is 9.93. The van der Waals surface area contributed by atoms with E-state index < -0.39 is 0 Å². The third kappa shape index (κ3) is 7.05. The Morgan fingerprint density at radius 1 is 0.268 bits per heavy atom. The van der Waals surface area contributed by atoms with E-state index in [1.165, 1.54) is 20.2 Å². The van der Waals surface area contributed by atoms with Crippen LogP contribution in [0.5, 0.6) is 0 Å². The maximum Gasteiger partial charge on any atom is 0.137 e. The van der Waals surface area contributed by atoms with Crippen molar-refractivity contribution < 1.29 is 8.83 Å². The lowest BCUT2D eigenvalue weighted by Gasteiger charge is -2.27. The number of rotatable bonds is 9. The fourth-order valence-electron chi connectivity index (χ4n) is 10.5. The highest BCUT2D eigenvalue weighted by Crippen LogP contribution is 2.47. The van der Waals surface area contributed by atoms with Crippen LogP contribution in [0.3, 0.4) is 0 Å². The molecule has 0 spiro atoms. The van der Waals surface area contributed by atoms with Crippen LogP contribution in [0.15, 0.2) is 264 Å². The second-order valence-electron chi connectivity index (χ2n) is 18.0. The van der Waals surface area contributed by atoms with Crippen LogP contribution in [0.2, 0.25) is 0 Å². The van der Waals surface area contributed by atoms with E-state index in [4.69, 9.17) is 8.83 Å². The summed E-state index contributed by atoms with van der Waals surface area (Å²) in [6, 6.07) is 91.1. The van der Waals surface area contributed by atoms with Gasteiger partial charge in [0.15, 0.2) is 0 Å². The zero-order valence-electron chi connectivity index (χ0n) is 38.4. The standard InChI is InChI=1S/C66H42N2O2S/c1-5-16-43(17-6-1)56-41-50(31-34-52(56)46-29-36-61-57(39-46)53-24-13-14-26-60(53)69-61)67(47-18-7-2-8-19-47)51-32-35-54-58-38-44(30-37-64(58)71-65(54)42-51)45-28-33-55-63(40-45)70-62-27-15-25-59(66(55)62)68(48-20-9-3-10-21-48)49-22-11-4-12-23-49/h1-42H. The number of fused-ring (bicyclic) bond motifs is 9. The predicted octanol–water partition coefficient (Wildman–Crippen LogP) is 19.8. The van der Waals surface area contributed by atoms with Crippen molar-refractivity contribution >= 4 is 110 Å². The topological polar surface area (TPSA) is 32.8 Å². The monoisotopic (exact) mass is 926 g/mol. The number of nitrogens with zero attached hydrogens (tertiary/aromatic N) is 2. The van der Waals surface area contributed by atoms with Crippen LogP contribution in [-0.4, -0.2) is 0 Å². The van der Waals surface area contributed by atoms with E-state index in [9.17, 15) is 0 Å². The highest BCUT2D eigenvalue weighted by molar-refractivity contribution is 7.25. The molecular weight excluding hydrogens is 885 g/mol. The van der Waals surface area contributed by atoms with Gasteiger partial charge in [-0.25, -0.2) is 0 Å². The van der Waals surface area contributed by atoms with Crippen molar-refractivity contribution in [1.82, 2.24) is 0 Å². The minimum absolute atomic E-state index is 0.861. The summed E-state index contributed by atoms with van der Waals surface area (Å²) in [6.45, 7) is 0. The number of hydrogen-bond acceptors (Lipinski definition) is 5. The molecule has 0 bridgehead atoms. The van der Waals surface area contributed by atoms with Gasteiger partial charge in [-0.2, -0.15) is 0 Å². The Bertz CT molecular complexity index is 4250. The maximum absolute atomic E-state index is 6.68. The van der Waals surface area contributed by atoms with E-state index in [2.05, 4.69) is 252 Å². The van der Waals surface area contributed by atoms with Crippen LogP contribution < -0.4 is 9.80 Å². The molecule has 0 saturated heterocycles. The average molecular weight is 927 g/mol. The van der Waals surface area contributed by atoms with Crippen molar-refractivity contribution in [2.24, 2.45) is 0 Å². The molecule has 4 nitrogen and oxygen atoms in total. The third-order valence-corrected chi connectivity index (χ3v) is 15.0. The molecule has 14 aromatic rings. The molecule has 334 valence electrons. The molecule has 0 saturated carbocycles. The normalized spacial score (nSPS) is 11.7. The SMILES string of the molecule is c1ccc(-c2cc(N(c3ccccc3)c3ccc4c(c3)sc3ccc(-c5ccc6c(c5)oc5cccc(N(c7ccccc7)c7ccccc7)c56)cc34)ccc2-c2ccc3oc4ccccc4c3c2)cc1. The van der Waals surface area contributed by atoms with E-state index in [0.29, 0.717) is 0 Å². The number of anilines is 6. The van der Waals surface area contributed by atoms with Crippen LogP contribution in [0.1, 0.15) is 0 Å². The van der Waals surface area contributed by atoms with Gasteiger partial charge in [-0.15, -0.1) is 11.3 Å². The number of furan rings is 2. The molecule has 0 aliphatic rings. The van der Waals surface area contributed by atoms with Gasteiger partial charge in [-0.1, -0.05) is 140 Å².